The summed E-state index contributed by atoms with van der Waals surface area (Å²) in [7, 11) is 0. The molecule has 6 nitrogen and oxygen atoms in total. The third-order valence-electron chi connectivity index (χ3n) is 5.86. The van der Waals surface area contributed by atoms with Gasteiger partial charge in [-0.25, -0.2) is 4.68 Å². The van der Waals surface area contributed by atoms with E-state index in [1.807, 2.05) is 37.3 Å². The number of rotatable bonds is 5. The van der Waals surface area contributed by atoms with Crippen molar-refractivity contribution < 1.29 is 22.4 Å². The minimum atomic E-state index is -4.50. The van der Waals surface area contributed by atoms with Crippen molar-refractivity contribution in [1.82, 2.24) is 15.1 Å². The smallest absolute Gasteiger partial charge is 0.410 e. The molecule has 2 atom stereocenters. The predicted octanol–water partition coefficient (Wildman–Crippen LogP) is 5.25. The number of hydrogen-bond acceptors (Lipinski definition) is 4. The van der Waals surface area contributed by atoms with E-state index in [2.05, 4.69) is 15.7 Å². The number of fused-ring (bicyclic) bond motifs is 1. The summed E-state index contributed by atoms with van der Waals surface area (Å²) in [5.74, 6) is 0.979. The number of carbonyl (C=O) groups excluding carboxylic acids is 1. The van der Waals surface area contributed by atoms with E-state index in [-0.39, 0.29) is 24.3 Å². The molecule has 2 unspecified atom stereocenters. The van der Waals surface area contributed by atoms with Crippen molar-refractivity contribution in [3.05, 3.63) is 70.3 Å². The number of nitrogens with one attached hydrogen (secondary N) is 2. The first-order valence-electron chi connectivity index (χ1n) is 10.5. The van der Waals surface area contributed by atoms with E-state index in [1.54, 1.807) is 13.8 Å². The van der Waals surface area contributed by atoms with Gasteiger partial charge in [-0.1, -0.05) is 31.2 Å². The van der Waals surface area contributed by atoms with Crippen LogP contribution in [0.5, 0.6) is 0 Å². The lowest BCUT2D eigenvalue weighted by Crippen LogP contribution is -2.36. The molecular formula is C23H25F3N4O2. The zero-order valence-corrected chi connectivity index (χ0v) is 18.1. The van der Waals surface area contributed by atoms with Gasteiger partial charge in [-0.15, -0.1) is 0 Å². The normalized spacial score (nSPS) is 18.2. The van der Waals surface area contributed by atoms with Gasteiger partial charge >= 0.3 is 6.18 Å². The number of aryl methyl sites for hydroxylation is 3. The van der Waals surface area contributed by atoms with E-state index in [0.717, 1.165) is 33.6 Å². The van der Waals surface area contributed by atoms with Gasteiger partial charge in [-0.05, 0) is 37.5 Å². The molecule has 2 aromatic heterocycles. The fourth-order valence-corrected chi connectivity index (χ4v) is 4.06. The van der Waals surface area contributed by atoms with E-state index in [9.17, 15) is 18.0 Å². The number of alkyl halides is 3. The van der Waals surface area contributed by atoms with Gasteiger partial charge in [-0.2, -0.15) is 18.3 Å². The van der Waals surface area contributed by atoms with Gasteiger partial charge in [0.25, 0.3) is 5.91 Å². The fraction of sp³-hybridized carbons (Fsp3) is 0.391. The van der Waals surface area contributed by atoms with E-state index in [1.165, 1.54) is 6.20 Å². The third kappa shape index (κ3) is 4.24. The van der Waals surface area contributed by atoms with Crippen molar-refractivity contribution in [2.24, 2.45) is 0 Å². The van der Waals surface area contributed by atoms with Crippen LogP contribution in [0.1, 0.15) is 64.0 Å². The number of halogens is 3. The second-order valence-electron chi connectivity index (χ2n) is 8.06. The third-order valence-corrected chi connectivity index (χ3v) is 5.86. The summed E-state index contributed by atoms with van der Waals surface area (Å²) in [6, 6.07) is 6.89. The number of hydrogen-bond donors (Lipinski definition) is 2. The summed E-state index contributed by atoms with van der Waals surface area (Å²) in [6.45, 7) is 5.82. The fourth-order valence-electron chi connectivity index (χ4n) is 4.06. The van der Waals surface area contributed by atoms with Crippen LogP contribution in [0.2, 0.25) is 0 Å². The summed E-state index contributed by atoms with van der Waals surface area (Å²) in [5.41, 5.74) is 2.73. The molecule has 0 saturated carbocycles. The van der Waals surface area contributed by atoms with Crippen LogP contribution in [0.15, 0.2) is 40.9 Å². The van der Waals surface area contributed by atoms with Gasteiger partial charge in [-0.3, -0.25) is 4.79 Å². The molecule has 1 aliphatic rings. The van der Waals surface area contributed by atoms with Crippen molar-refractivity contribution in [3.8, 4) is 0 Å². The quantitative estimate of drug-likeness (QED) is 0.562. The molecule has 32 heavy (non-hydrogen) atoms. The maximum absolute atomic E-state index is 13.9. The highest BCUT2D eigenvalue weighted by molar-refractivity contribution is 5.98. The molecule has 2 N–H and O–H groups in total. The highest BCUT2D eigenvalue weighted by atomic mass is 19.4. The van der Waals surface area contributed by atoms with E-state index < -0.39 is 24.2 Å². The van der Waals surface area contributed by atoms with Gasteiger partial charge < -0.3 is 15.1 Å². The SMILES string of the molecule is CCc1ccc(C2CC(C(F)(F)F)n3ncc(C(=O)NCc4cc(C)oc4C)c3N2)cc1. The standard InChI is InChI=1S/C23H25F3N4O2/c1-4-15-5-7-16(8-6-15)19-10-20(23(24,25)26)30-21(29-19)18(12-28-30)22(31)27-11-17-9-13(2)32-14(17)3/h5-9,12,19-20,29H,4,10-11H2,1-3H3,(H,27,31). The Labute approximate surface area is 183 Å². The second kappa shape index (κ2) is 8.37. The molecule has 1 aliphatic heterocycles. The monoisotopic (exact) mass is 446 g/mol. The van der Waals surface area contributed by atoms with Crippen LogP contribution in [0.4, 0.5) is 19.0 Å². The minimum absolute atomic E-state index is 0.0701. The zero-order chi connectivity index (χ0) is 23.0. The van der Waals surface area contributed by atoms with Crippen LogP contribution in [0.3, 0.4) is 0 Å². The van der Waals surface area contributed by atoms with Gasteiger partial charge in [0.2, 0.25) is 0 Å². The first-order chi connectivity index (χ1) is 15.2. The van der Waals surface area contributed by atoms with Crippen molar-refractivity contribution >= 4 is 11.7 Å². The molecular weight excluding hydrogens is 421 g/mol. The second-order valence-corrected chi connectivity index (χ2v) is 8.06. The Balaban J connectivity index is 1.61. The summed E-state index contributed by atoms with van der Waals surface area (Å²) in [6.07, 6.45) is -2.68. The van der Waals surface area contributed by atoms with Crippen LogP contribution in [0, 0.1) is 13.8 Å². The highest BCUT2D eigenvalue weighted by Crippen LogP contribution is 2.44. The Morgan fingerprint density at radius 2 is 2.00 bits per heavy atom. The molecule has 0 radical (unpaired) electrons. The van der Waals surface area contributed by atoms with Crippen molar-refractivity contribution in [2.75, 3.05) is 5.32 Å². The molecule has 0 spiro atoms. The molecule has 9 heteroatoms. The molecule has 170 valence electrons. The van der Waals surface area contributed by atoms with Crippen LogP contribution >= 0.6 is 0 Å². The predicted molar refractivity (Wildman–Crippen MR) is 113 cm³/mol. The zero-order valence-electron chi connectivity index (χ0n) is 18.1. The summed E-state index contributed by atoms with van der Waals surface area (Å²) in [5, 5.41) is 9.79. The lowest BCUT2D eigenvalue weighted by Gasteiger charge is -2.34. The van der Waals surface area contributed by atoms with Crippen molar-refractivity contribution in [2.45, 2.75) is 58.4 Å². The first-order valence-corrected chi connectivity index (χ1v) is 10.5. The molecule has 3 aromatic rings. The Bertz CT molecular complexity index is 1120. The van der Waals surface area contributed by atoms with E-state index >= 15 is 0 Å². The Morgan fingerprint density at radius 1 is 1.28 bits per heavy atom. The molecule has 3 heterocycles. The van der Waals surface area contributed by atoms with E-state index in [4.69, 9.17) is 4.42 Å². The number of carbonyl (C=O) groups is 1. The maximum atomic E-state index is 13.9. The van der Waals surface area contributed by atoms with Gasteiger partial charge in [0.15, 0.2) is 6.04 Å². The number of benzene rings is 1. The van der Waals surface area contributed by atoms with Crippen LogP contribution < -0.4 is 10.6 Å². The molecule has 0 fully saturated rings. The Kier molecular flexibility index (Phi) is 5.75. The average Bonchev–Trinajstić information content (AvgIpc) is 3.32. The number of anilines is 1. The minimum Gasteiger partial charge on any atom is -0.466 e. The summed E-state index contributed by atoms with van der Waals surface area (Å²) in [4.78, 5) is 12.8. The van der Waals surface area contributed by atoms with Gasteiger partial charge in [0.05, 0.1) is 12.2 Å². The maximum Gasteiger partial charge on any atom is 0.410 e. The summed E-state index contributed by atoms with van der Waals surface area (Å²) >= 11 is 0. The molecule has 0 bridgehead atoms. The molecule has 0 aliphatic carbocycles. The Morgan fingerprint density at radius 3 is 2.59 bits per heavy atom. The lowest BCUT2D eigenvalue weighted by molar-refractivity contribution is -0.173. The van der Waals surface area contributed by atoms with Crippen LogP contribution in [-0.2, 0) is 13.0 Å². The van der Waals surface area contributed by atoms with Gasteiger partial charge in [0.1, 0.15) is 22.9 Å². The average molecular weight is 446 g/mol. The number of amides is 1. The van der Waals surface area contributed by atoms with Crippen molar-refractivity contribution in [3.63, 3.8) is 0 Å². The van der Waals surface area contributed by atoms with Crippen molar-refractivity contribution in [1.29, 1.82) is 0 Å². The van der Waals surface area contributed by atoms with E-state index in [0.29, 0.717) is 5.76 Å². The Hall–Kier alpha value is -3.23. The first kappa shape index (κ1) is 22.0. The molecule has 0 saturated heterocycles. The van der Waals surface area contributed by atoms with Crippen LogP contribution in [0.25, 0.3) is 0 Å². The molecule has 1 aromatic carbocycles. The number of nitrogens with zero attached hydrogens (tertiary/aromatic N) is 2. The molecule has 1 amide bonds. The van der Waals surface area contributed by atoms with Gasteiger partial charge in [0, 0.05) is 18.5 Å². The molecule has 4 rings (SSSR count). The number of furan rings is 1. The summed E-state index contributed by atoms with van der Waals surface area (Å²) < 4.78 is 47.9. The highest BCUT2D eigenvalue weighted by Gasteiger charge is 2.47. The van der Waals surface area contributed by atoms with Crippen LogP contribution in [-0.4, -0.2) is 21.9 Å². The largest absolute Gasteiger partial charge is 0.466 e. The topological polar surface area (TPSA) is 72.1 Å². The number of aromatic nitrogens is 2. The lowest BCUT2D eigenvalue weighted by atomic mass is 9.95.